The predicted octanol–water partition coefficient (Wildman–Crippen LogP) is 4.77. The first-order valence-electron chi connectivity index (χ1n) is 10.6. The van der Waals surface area contributed by atoms with Gasteiger partial charge in [0.1, 0.15) is 23.3 Å². The van der Waals surface area contributed by atoms with Crippen LogP contribution in [0.4, 0.5) is 5.13 Å². The van der Waals surface area contributed by atoms with Gasteiger partial charge in [-0.1, -0.05) is 29.5 Å². The van der Waals surface area contributed by atoms with Gasteiger partial charge in [-0.25, -0.2) is 4.98 Å². The number of hydrogen-bond donors (Lipinski definition) is 1. The molecule has 0 amide bonds. The molecule has 3 aromatic heterocycles. The normalized spacial score (nSPS) is 15.1. The average Bonchev–Trinajstić information content (AvgIpc) is 3.57. The van der Waals surface area contributed by atoms with E-state index in [1.165, 1.54) is 11.7 Å². The molecule has 0 saturated carbocycles. The van der Waals surface area contributed by atoms with Crippen LogP contribution in [0.5, 0.6) is 11.5 Å². The number of hydrogen-bond acceptors (Lipinski definition) is 9. The molecule has 5 aromatic rings. The zero-order valence-corrected chi connectivity index (χ0v) is 19.4. The maximum atomic E-state index is 6.06. The Balaban J connectivity index is 1.12. The number of thiazole rings is 1. The Hall–Kier alpha value is -3.50. The van der Waals surface area contributed by atoms with Gasteiger partial charge in [0, 0.05) is 12.7 Å². The van der Waals surface area contributed by atoms with Crippen LogP contribution in [0, 0.1) is 6.92 Å². The summed E-state index contributed by atoms with van der Waals surface area (Å²) in [6.45, 7) is 3.81. The minimum Gasteiger partial charge on any atom is -0.486 e. The zero-order chi connectivity index (χ0) is 22.2. The zero-order valence-electron chi connectivity index (χ0n) is 17.8. The predicted molar refractivity (Wildman–Crippen MR) is 129 cm³/mol. The lowest BCUT2D eigenvalue weighted by atomic mass is 10.2. The van der Waals surface area contributed by atoms with Crippen LogP contribution in [-0.2, 0) is 13.1 Å². The SMILES string of the molecule is Cc1nc(NCc2ccc3nsnc3c2)sc1-c1ccn(CC2COc3ccccc3O2)n1. The first-order valence-corrected chi connectivity index (χ1v) is 12.1. The number of nitrogens with one attached hydrogen (secondary N) is 1. The van der Waals surface area contributed by atoms with Gasteiger partial charge < -0.3 is 14.8 Å². The molecular weight excluding hydrogens is 456 g/mol. The van der Waals surface area contributed by atoms with Crippen molar-refractivity contribution in [2.45, 2.75) is 26.1 Å². The van der Waals surface area contributed by atoms with E-state index >= 15 is 0 Å². The summed E-state index contributed by atoms with van der Waals surface area (Å²) in [5, 5.41) is 9.05. The number of anilines is 1. The number of aryl methyl sites for hydroxylation is 1. The smallest absolute Gasteiger partial charge is 0.183 e. The third-order valence-corrected chi connectivity index (χ3v) is 7.08. The largest absolute Gasteiger partial charge is 0.486 e. The van der Waals surface area contributed by atoms with Crippen LogP contribution in [0.3, 0.4) is 0 Å². The molecule has 1 N–H and O–H groups in total. The maximum absolute atomic E-state index is 6.06. The maximum Gasteiger partial charge on any atom is 0.183 e. The summed E-state index contributed by atoms with van der Waals surface area (Å²) in [5.74, 6) is 1.57. The Kier molecular flexibility index (Phi) is 5.16. The van der Waals surface area contributed by atoms with Gasteiger partial charge in [-0.2, -0.15) is 13.8 Å². The molecule has 4 heterocycles. The Bertz CT molecular complexity index is 1430. The van der Waals surface area contributed by atoms with Crippen molar-refractivity contribution in [3.63, 3.8) is 0 Å². The van der Waals surface area contributed by atoms with Gasteiger partial charge in [0.25, 0.3) is 0 Å². The highest BCUT2D eigenvalue weighted by Crippen LogP contribution is 2.33. The van der Waals surface area contributed by atoms with E-state index in [0.717, 1.165) is 49.5 Å². The number of ether oxygens (including phenoxy) is 2. The number of aromatic nitrogens is 5. The van der Waals surface area contributed by atoms with Crippen LogP contribution in [0.15, 0.2) is 54.7 Å². The standard InChI is InChI=1S/C23H20N6O2S2/c1-14-22(32-23(25-14)24-11-15-6-7-17-19(10-15)28-33-27-17)18-8-9-29(26-18)12-16-13-30-20-4-2-3-5-21(20)31-16/h2-10,16H,11-13H2,1H3,(H,24,25). The van der Waals surface area contributed by atoms with Crippen molar-refractivity contribution in [2.24, 2.45) is 0 Å². The van der Waals surface area contributed by atoms with E-state index in [4.69, 9.17) is 19.6 Å². The average molecular weight is 477 g/mol. The van der Waals surface area contributed by atoms with E-state index in [9.17, 15) is 0 Å². The number of para-hydroxylation sites is 2. The van der Waals surface area contributed by atoms with Gasteiger partial charge in [0.2, 0.25) is 0 Å². The fraction of sp³-hybridized carbons (Fsp3) is 0.217. The Labute approximate surface area is 198 Å². The molecule has 0 spiro atoms. The van der Waals surface area contributed by atoms with Gasteiger partial charge in [-0.05, 0) is 42.8 Å². The first-order chi connectivity index (χ1) is 16.2. The molecule has 0 saturated heterocycles. The van der Waals surface area contributed by atoms with E-state index in [0.29, 0.717) is 19.7 Å². The van der Waals surface area contributed by atoms with Crippen molar-refractivity contribution in [3.05, 3.63) is 66.0 Å². The molecule has 10 heteroatoms. The summed E-state index contributed by atoms with van der Waals surface area (Å²) in [5.41, 5.74) is 4.87. The topological polar surface area (TPSA) is 87.0 Å². The number of benzene rings is 2. The van der Waals surface area contributed by atoms with Gasteiger partial charge in [-0.3, -0.25) is 4.68 Å². The molecule has 33 heavy (non-hydrogen) atoms. The molecule has 0 aliphatic carbocycles. The highest BCUT2D eigenvalue weighted by atomic mass is 32.1. The first kappa shape index (κ1) is 20.1. The van der Waals surface area contributed by atoms with Crippen molar-refractivity contribution in [1.29, 1.82) is 0 Å². The monoisotopic (exact) mass is 476 g/mol. The Morgan fingerprint density at radius 1 is 1.09 bits per heavy atom. The Morgan fingerprint density at radius 2 is 1.97 bits per heavy atom. The van der Waals surface area contributed by atoms with Crippen LogP contribution < -0.4 is 14.8 Å². The quantitative estimate of drug-likeness (QED) is 0.378. The summed E-state index contributed by atoms with van der Waals surface area (Å²) in [6, 6.07) is 15.9. The van der Waals surface area contributed by atoms with E-state index < -0.39 is 0 Å². The van der Waals surface area contributed by atoms with E-state index in [1.807, 2.05) is 54.2 Å². The molecule has 1 atom stereocenters. The molecule has 1 aliphatic rings. The summed E-state index contributed by atoms with van der Waals surface area (Å²) >= 11 is 2.84. The second-order valence-corrected chi connectivity index (χ2v) is 9.32. The molecule has 1 unspecified atom stereocenters. The summed E-state index contributed by atoms with van der Waals surface area (Å²) in [4.78, 5) is 5.75. The summed E-state index contributed by atoms with van der Waals surface area (Å²) in [6.07, 6.45) is 1.89. The molecule has 2 aromatic carbocycles. The van der Waals surface area contributed by atoms with Crippen LogP contribution in [0.1, 0.15) is 11.3 Å². The van der Waals surface area contributed by atoms with Crippen molar-refractivity contribution in [3.8, 4) is 22.1 Å². The highest BCUT2D eigenvalue weighted by molar-refractivity contribution is 7.19. The van der Waals surface area contributed by atoms with Crippen molar-refractivity contribution in [2.75, 3.05) is 11.9 Å². The lowest BCUT2D eigenvalue weighted by molar-refractivity contribution is 0.0759. The minimum atomic E-state index is -0.0855. The third kappa shape index (κ3) is 4.14. The van der Waals surface area contributed by atoms with E-state index in [1.54, 1.807) is 11.3 Å². The number of fused-ring (bicyclic) bond motifs is 2. The third-order valence-electron chi connectivity index (χ3n) is 5.39. The molecule has 0 fully saturated rings. The van der Waals surface area contributed by atoms with Crippen LogP contribution in [0.2, 0.25) is 0 Å². The van der Waals surface area contributed by atoms with E-state index in [2.05, 4.69) is 26.2 Å². The van der Waals surface area contributed by atoms with Crippen molar-refractivity contribution < 1.29 is 9.47 Å². The number of rotatable bonds is 6. The highest BCUT2D eigenvalue weighted by Gasteiger charge is 2.22. The van der Waals surface area contributed by atoms with Gasteiger partial charge >= 0.3 is 0 Å². The Morgan fingerprint density at radius 3 is 2.91 bits per heavy atom. The van der Waals surface area contributed by atoms with Gasteiger partial charge in [-0.15, -0.1) is 0 Å². The summed E-state index contributed by atoms with van der Waals surface area (Å²) < 4.78 is 22.3. The molecule has 6 rings (SSSR count). The molecule has 8 nitrogen and oxygen atoms in total. The molecule has 0 bridgehead atoms. The molecule has 0 radical (unpaired) electrons. The minimum absolute atomic E-state index is 0.0855. The van der Waals surface area contributed by atoms with Gasteiger partial charge in [0.05, 0.1) is 28.8 Å². The second kappa shape index (κ2) is 8.45. The second-order valence-electron chi connectivity index (χ2n) is 7.80. The molecule has 1 aliphatic heterocycles. The lowest BCUT2D eigenvalue weighted by Gasteiger charge is -2.26. The van der Waals surface area contributed by atoms with Crippen LogP contribution >= 0.6 is 23.1 Å². The van der Waals surface area contributed by atoms with Crippen molar-refractivity contribution >= 4 is 39.2 Å². The molecular formula is C23H20N6O2S2. The number of nitrogens with zero attached hydrogens (tertiary/aromatic N) is 5. The summed E-state index contributed by atoms with van der Waals surface area (Å²) in [7, 11) is 0. The fourth-order valence-corrected chi connectivity index (χ4v) is 5.22. The van der Waals surface area contributed by atoms with Gasteiger partial charge in [0.15, 0.2) is 22.7 Å². The van der Waals surface area contributed by atoms with Crippen molar-refractivity contribution in [1.82, 2.24) is 23.5 Å². The molecule has 166 valence electrons. The fourth-order valence-electron chi connectivity index (χ4n) is 3.77. The lowest BCUT2D eigenvalue weighted by Crippen LogP contribution is -2.33. The van der Waals surface area contributed by atoms with Crippen LogP contribution in [0.25, 0.3) is 21.6 Å². The van der Waals surface area contributed by atoms with E-state index in [-0.39, 0.29) is 6.10 Å². The van der Waals surface area contributed by atoms with Crippen LogP contribution in [-0.4, -0.2) is 36.2 Å².